The molecule has 188 valence electrons. The molecular weight excluding hydrogens is 420 g/mol. The number of carbonyl (C=O) groups excluding carboxylic acids is 1. The van der Waals surface area contributed by atoms with Crippen LogP contribution in [0.25, 0.3) is 0 Å². The Kier molecular flexibility index (Phi) is 7.44. The largest absolute Gasteiger partial charge is 0.443 e. The Morgan fingerprint density at radius 1 is 1.24 bits per heavy atom. The smallest absolute Gasteiger partial charge is 0.410 e. The van der Waals surface area contributed by atoms with E-state index in [1.165, 1.54) is 5.57 Å². The average Bonchev–Trinajstić information content (AvgIpc) is 3.65. The van der Waals surface area contributed by atoms with E-state index in [1.807, 2.05) is 4.90 Å². The number of amides is 1. The zero-order valence-corrected chi connectivity index (χ0v) is 21.5. The Bertz CT molecular complexity index is 730. The van der Waals surface area contributed by atoms with Gasteiger partial charge in [0.1, 0.15) is 23.4 Å². The Morgan fingerprint density at radius 2 is 1.97 bits per heavy atom. The van der Waals surface area contributed by atoms with Crippen LogP contribution in [0.2, 0.25) is 0 Å². The fourth-order valence-electron chi connectivity index (χ4n) is 6.31. The first kappa shape index (κ1) is 25.0. The maximum atomic E-state index is 13.3. The van der Waals surface area contributed by atoms with Gasteiger partial charge in [0.25, 0.3) is 0 Å². The third-order valence-corrected chi connectivity index (χ3v) is 8.46. The summed E-state index contributed by atoms with van der Waals surface area (Å²) in [7, 11) is 1.73. The Labute approximate surface area is 199 Å². The zero-order valence-electron chi connectivity index (χ0n) is 21.5. The number of likely N-dealkylation sites (N-methyl/N-ethyl adjacent to an activating group) is 1. The van der Waals surface area contributed by atoms with Crippen LogP contribution < -0.4 is 0 Å². The highest BCUT2D eigenvalue weighted by Crippen LogP contribution is 2.59. The van der Waals surface area contributed by atoms with Crippen molar-refractivity contribution >= 4 is 6.09 Å². The van der Waals surface area contributed by atoms with Crippen LogP contribution in [-0.2, 0) is 18.9 Å². The number of hydrogen-bond donors (Lipinski definition) is 0. The van der Waals surface area contributed by atoms with E-state index in [1.54, 1.807) is 7.11 Å². The van der Waals surface area contributed by atoms with Crippen LogP contribution in [0.1, 0.15) is 66.7 Å². The van der Waals surface area contributed by atoms with Crippen LogP contribution >= 0.6 is 0 Å². The number of rotatable bonds is 9. The molecule has 0 aromatic heterocycles. The molecule has 0 radical (unpaired) electrons. The third-order valence-electron chi connectivity index (χ3n) is 8.46. The number of epoxide rings is 2. The van der Waals surface area contributed by atoms with Gasteiger partial charge in [0.2, 0.25) is 0 Å². The highest BCUT2D eigenvalue weighted by molar-refractivity contribution is 5.68. The topological polar surface area (TPSA) is 67.1 Å². The molecule has 4 fully saturated rings. The molecule has 33 heavy (non-hydrogen) atoms. The predicted molar refractivity (Wildman–Crippen MR) is 127 cm³/mol. The van der Waals surface area contributed by atoms with E-state index in [2.05, 4.69) is 45.6 Å². The first-order valence-electron chi connectivity index (χ1n) is 13.0. The second-order valence-electron chi connectivity index (χ2n) is 10.8. The van der Waals surface area contributed by atoms with E-state index in [-0.39, 0.29) is 47.6 Å². The maximum absolute atomic E-state index is 13.3. The number of ether oxygens (including phenoxy) is 4. The summed E-state index contributed by atoms with van der Waals surface area (Å²) in [6.45, 7) is 15.2. The van der Waals surface area contributed by atoms with E-state index in [0.717, 1.165) is 64.9 Å². The van der Waals surface area contributed by atoms with E-state index in [9.17, 15) is 4.79 Å². The second-order valence-corrected chi connectivity index (χ2v) is 10.8. The second kappa shape index (κ2) is 9.84. The van der Waals surface area contributed by atoms with Crippen LogP contribution in [0.4, 0.5) is 4.79 Å². The molecule has 0 aromatic carbocycles. The van der Waals surface area contributed by atoms with Crippen molar-refractivity contribution in [1.82, 2.24) is 9.80 Å². The minimum absolute atomic E-state index is 0.0576. The van der Waals surface area contributed by atoms with Crippen molar-refractivity contribution in [3.05, 3.63) is 11.6 Å². The maximum Gasteiger partial charge on any atom is 0.410 e. The lowest BCUT2D eigenvalue weighted by molar-refractivity contribution is -0.122. The van der Waals surface area contributed by atoms with Gasteiger partial charge in [-0.3, -0.25) is 0 Å². The molecule has 1 saturated carbocycles. The van der Waals surface area contributed by atoms with E-state index >= 15 is 0 Å². The van der Waals surface area contributed by atoms with Gasteiger partial charge in [-0.2, -0.15) is 0 Å². The Balaban J connectivity index is 1.44. The number of allylic oxidation sites excluding steroid dienone is 1. The normalized spacial score (nSPS) is 39.7. The van der Waals surface area contributed by atoms with E-state index in [0.29, 0.717) is 0 Å². The molecule has 1 unspecified atom stereocenters. The molecule has 3 heterocycles. The molecule has 4 aliphatic rings. The molecule has 0 bridgehead atoms. The molecular formula is C26H44N2O5. The third kappa shape index (κ3) is 4.97. The van der Waals surface area contributed by atoms with Crippen molar-refractivity contribution in [2.75, 3.05) is 39.9 Å². The SMILES string of the molecule is CCN(CC)C[C@@H]1CCCN1C(=O)O[C@@H]1CC[C@]2(CO2)C([C@@]2(C)O[C@@H]2CC=C(C)C)[C@@H]1OC. The van der Waals surface area contributed by atoms with Crippen molar-refractivity contribution in [1.29, 1.82) is 0 Å². The fraction of sp³-hybridized carbons (Fsp3) is 0.885. The van der Waals surface area contributed by atoms with Crippen molar-refractivity contribution in [2.45, 2.75) is 102 Å². The van der Waals surface area contributed by atoms with Gasteiger partial charge in [-0.1, -0.05) is 25.5 Å². The van der Waals surface area contributed by atoms with Gasteiger partial charge < -0.3 is 28.7 Å². The average molecular weight is 465 g/mol. The van der Waals surface area contributed by atoms with Crippen LogP contribution in [0.15, 0.2) is 11.6 Å². The molecule has 7 atom stereocenters. The quantitative estimate of drug-likeness (QED) is 0.379. The standard InChI is InChI=1S/C26H44N2O5/c1-7-27(8-2)16-19-10-9-15-28(19)24(29)32-20-13-14-26(17-31-26)23(22(20)30-6)25(5)21(33-25)12-11-18(3)4/h11,19-23H,7-10,12-17H2,1-6H3/t19-,20+,21+,22+,23?,25-,26-/m0/s1. The molecule has 7 heteroatoms. The molecule has 3 saturated heterocycles. The molecule has 1 amide bonds. The molecule has 0 aromatic rings. The minimum Gasteiger partial charge on any atom is -0.443 e. The number of carbonyl (C=O) groups is 1. The van der Waals surface area contributed by atoms with E-state index in [4.69, 9.17) is 18.9 Å². The van der Waals surface area contributed by atoms with Gasteiger partial charge in [0, 0.05) is 26.2 Å². The first-order valence-corrected chi connectivity index (χ1v) is 13.0. The lowest BCUT2D eigenvalue weighted by Crippen LogP contribution is -2.56. The highest BCUT2D eigenvalue weighted by Gasteiger charge is 2.72. The van der Waals surface area contributed by atoms with Crippen molar-refractivity contribution in [3.63, 3.8) is 0 Å². The number of hydrogen-bond acceptors (Lipinski definition) is 6. The van der Waals surface area contributed by atoms with Gasteiger partial charge in [0.15, 0.2) is 0 Å². The van der Waals surface area contributed by atoms with Crippen LogP contribution in [-0.4, -0.2) is 91.3 Å². The lowest BCUT2D eigenvalue weighted by Gasteiger charge is -2.43. The molecule has 4 rings (SSSR count). The van der Waals surface area contributed by atoms with Gasteiger partial charge in [-0.05, 0) is 66.0 Å². The van der Waals surface area contributed by atoms with Gasteiger partial charge in [-0.15, -0.1) is 0 Å². The Morgan fingerprint density at radius 3 is 2.58 bits per heavy atom. The van der Waals surface area contributed by atoms with Crippen LogP contribution in [0.5, 0.6) is 0 Å². The van der Waals surface area contributed by atoms with Crippen molar-refractivity contribution < 1.29 is 23.7 Å². The van der Waals surface area contributed by atoms with Crippen LogP contribution in [0, 0.1) is 5.92 Å². The summed E-state index contributed by atoms with van der Waals surface area (Å²) in [5.74, 6) is 0.0576. The van der Waals surface area contributed by atoms with Crippen LogP contribution in [0.3, 0.4) is 0 Å². The summed E-state index contributed by atoms with van der Waals surface area (Å²) in [5, 5.41) is 0. The summed E-state index contributed by atoms with van der Waals surface area (Å²) < 4.78 is 24.5. The lowest BCUT2D eigenvalue weighted by atomic mass is 9.68. The molecule has 3 aliphatic heterocycles. The number of methoxy groups -OCH3 is 1. The molecule has 7 nitrogen and oxygen atoms in total. The molecule has 1 spiro atoms. The molecule has 1 aliphatic carbocycles. The van der Waals surface area contributed by atoms with Gasteiger partial charge >= 0.3 is 6.09 Å². The predicted octanol–water partition coefficient (Wildman–Crippen LogP) is 4.01. The van der Waals surface area contributed by atoms with Crippen molar-refractivity contribution in [3.8, 4) is 0 Å². The first-order chi connectivity index (χ1) is 15.8. The zero-order chi connectivity index (χ0) is 23.8. The van der Waals surface area contributed by atoms with Gasteiger partial charge in [0.05, 0.1) is 18.6 Å². The summed E-state index contributed by atoms with van der Waals surface area (Å²) in [4.78, 5) is 17.6. The van der Waals surface area contributed by atoms with E-state index < -0.39 is 0 Å². The number of nitrogens with zero attached hydrogens (tertiary/aromatic N) is 2. The summed E-state index contributed by atoms with van der Waals surface area (Å²) in [6.07, 6.45) is 6.33. The summed E-state index contributed by atoms with van der Waals surface area (Å²) in [5.41, 5.74) is 0.790. The fourth-order valence-corrected chi connectivity index (χ4v) is 6.31. The Hall–Kier alpha value is -1.15. The monoisotopic (exact) mass is 464 g/mol. The highest BCUT2D eigenvalue weighted by atomic mass is 16.6. The van der Waals surface area contributed by atoms with Crippen molar-refractivity contribution in [2.24, 2.45) is 5.92 Å². The number of likely N-dealkylation sites (tertiary alicyclic amines) is 1. The molecule has 0 N–H and O–H groups in total. The summed E-state index contributed by atoms with van der Waals surface area (Å²) in [6, 6.07) is 0.230. The summed E-state index contributed by atoms with van der Waals surface area (Å²) >= 11 is 0. The minimum atomic E-state index is -0.312. The van der Waals surface area contributed by atoms with Gasteiger partial charge in [-0.25, -0.2) is 4.79 Å².